The Kier molecular flexibility index (Phi) is 3.77. The van der Waals surface area contributed by atoms with Crippen molar-refractivity contribution in [2.24, 2.45) is 0 Å². The van der Waals surface area contributed by atoms with E-state index in [1.54, 1.807) is 18.5 Å². The fourth-order valence-electron chi connectivity index (χ4n) is 4.18. The van der Waals surface area contributed by atoms with Crippen molar-refractivity contribution in [2.45, 2.75) is 37.6 Å². The van der Waals surface area contributed by atoms with Gasteiger partial charge < -0.3 is 9.47 Å². The molecule has 0 N–H and O–H groups in total. The zero-order chi connectivity index (χ0) is 18.4. The molecule has 0 radical (unpaired) electrons. The average molecular weight is 364 g/mol. The van der Waals surface area contributed by atoms with Crippen molar-refractivity contribution in [1.82, 2.24) is 19.7 Å². The summed E-state index contributed by atoms with van der Waals surface area (Å²) < 4.78 is 2.24. The molecule has 27 heavy (non-hydrogen) atoms. The van der Waals surface area contributed by atoms with Gasteiger partial charge in [-0.1, -0.05) is 0 Å². The van der Waals surface area contributed by atoms with Crippen molar-refractivity contribution in [3.05, 3.63) is 52.9 Å². The fourth-order valence-corrected chi connectivity index (χ4v) is 4.18. The standard InChI is InChI=1S/C19H20N6O2/c26-25(27)18-6-5-17(15-7-8-20-10-16(15)18)23-9-1-2-13(11-23)19-22-21-12-24(19)14-3-4-14/h5-8,10,12-14H,1-4,9,11H2. The van der Waals surface area contributed by atoms with Gasteiger partial charge in [0.05, 0.1) is 10.3 Å². The van der Waals surface area contributed by atoms with E-state index in [0.717, 1.165) is 42.8 Å². The number of benzene rings is 1. The summed E-state index contributed by atoms with van der Waals surface area (Å²) in [5.41, 5.74) is 1.13. The zero-order valence-corrected chi connectivity index (χ0v) is 14.9. The van der Waals surface area contributed by atoms with Gasteiger partial charge in [-0.25, -0.2) is 0 Å². The monoisotopic (exact) mass is 364 g/mol. The van der Waals surface area contributed by atoms with Crippen LogP contribution in [0.15, 0.2) is 36.9 Å². The number of fused-ring (bicyclic) bond motifs is 1. The van der Waals surface area contributed by atoms with Gasteiger partial charge in [0.2, 0.25) is 0 Å². The number of aromatic nitrogens is 4. The molecule has 1 aliphatic carbocycles. The molecule has 1 aromatic carbocycles. The predicted molar refractivity (Wildman–Crippen MR) is 101 cm³/mol. The highest BCUT2D eigenvalue weighted by atomic mass is 16.6. The minimum atomic E-state index is -0.342. The third-order valence-corrected chi connectivity index (χ3v) is 5.64. The Morgan fingerprint density at radius 3 is 2.85 bits per heavy atom. The molecule has 1 unspecified atom stereocenters. The van der Waals surface area contributed by atoms with Crippen LogP contribution in [0.4, 0.5) is 11.4 Å². The molecule has 3 heterocycles. The number of hydrogen-bond donors (Lipinski definition) is 0. The molecule has 8 nitrogen and oxygen atoms in total. The predicted octanol–water partition coefficient (Wildman–Crippen LogP) is 3.45. The van der Waals surface area contributed by atoms with Crippen LogP contribution in [-0.2, 0) is 0 Å². The molecular formula is C19H20N6O2. The number of nitro benzene ring substituents is 1. The van der Waals surface area contributed by atoms with Gasteiger partial charge in [-0.2, -0.15) is 0 Å². The maximum atomic E-state index is 11.4. The van der Waals surface area contributed by atoms with E-state index in [9.17, 15) is 10.1 Å². The number of piperidine rings is 1. The molecule has 0 amide bonds. The third-order valence-electron chi connectivity index (χ3n) is 5.64. The minimum Gasteiger partial charge on any atom is -0.370 e. The highest BCUT2D eigenvalue weighted by Gasteiger charge is 2.32. The van der Waals surface area contributed by atoms with Crippen LogP contribution in [0, 0.1) is 10.1 Å². The van der Waals surface area contributed by atoms with Gasteiger partial charge in [-0.05, 0) is 37.8 Å². The van der Waals surface area contributed by atoms with Gasteiger partial charge in [0, 0.05) is 54.6 Å². The van der Waals surface area contributed by atoms with E-state index in [4.69, 9.17) is 0 Å². The van der Waals surface area contributed by atoms with Gasteiger partial charge >= 0.3 is 0 Å². The van der Waals surface area contributed by atoms with Crippen molar-refractivity contribution in [2.75, 3.05) is 18.0 Å². The molecule has 0 bridgehead atoms. The lowest BCUT2D eigenvalue weighted by Gasteiger charge is -2.34. The van der Waals surface area contributed by atoms with Gasteiger partial charge in [-0.15, -0.1) is 10.2 Å². The first kappa shape index (κ1) is 16.2. The molecule has 138 valence electrons. The maximum absolute atomic E-state index is 11.4. The molecule has 2 aliphatic rings. The Bertz CT molecular complexity index is 1010. The van der Waals surface area contributed by atoms with E-state index >= 15 is 0 Å². The number of hydrogen-bond acceptors (Lipinski definition) is 6. The second-order valence-corrected chi connectivity index (χ2v) is 7.39. The Morgan fingerprint density at radius 1 is 1.15 bits per heavy atom. The Morgan fingerprint density at radius 2 is 2.04 bits per heavy atom. The molecular weight excluding hydrogens is 344 g/mol. The summed E-state index contributed by atoms with van der Waals surface area (Å²) in [7, 11) is 0. The molecule has 1 saturated heterocycles. The number of nitrogens with zero attached hydrogens (tertiary/aromatic N) is 6. The molecule has 5 rings (SSSR count). The van der Waals surface area contributed by atoms with Crippen LogP contribution in [0.1, 0.15) is 43.5 Å². The van der Waals surface area contributed by atoms with E-state index in [0.29, 0.717) is 17.3 Å². The van der Waals surface area contributed by atoms with Crippen molar-refractivity contribution in [3.63, 3.8) is 0 Å². The summed E-state index contributed by atoms with van der Waals surface area (Å²) in [6.07, 6.45) is 9.71. The summed E-state index contributed by atoms with van der Waals surface area (Å²) in [5.74, 6) is 1.41. The second kappa shape index (κ2) is 6.29. The van der Waals surface area contributed by atoms with Crippen LogP contribution in [-0.4, -0.2) is 37.8 Å². The van der Waals surface area contributed by atoms with Gasteiger partial charge in [0.15, 0.2) is 0 Å². The van der Waals surface area contributed by atoms with Crippen LogP contribution >= 0.6 is 0 Å². The fraction of sp³-hybridized carbons (Fsp3) is 0.421. The van der Waals surface area contributed by atoms with E-state index < -0.39 is 0 Å². The third kappa shape index (κ3) is 2.81. The Hall–Kier alpha value is -3.03. The van der Waals surface area contributed by atoms with E-state index in [-0.39, 0.29) is 10.6 Å². The summed E-state index contributed by atoms with van der Waals surface area (Å²) in [6.45, 7) is 1.78. The first-order valence-electron chi connectivity index (χ1n) is 9.38. The normalized spacial score (nSPS) is 20.1. The topological polar surface area (TPSA) is 90.0 Å². The number of anilines is 1. The van der Waals surface area contributed by atoms with Gasteiger partial charge in [-0.3, -0.25) is 15.1 Å². The lowest BCUT2D eigenvalue weighted by molar-refractivity contribution is -0.383. The van der Waals surface area contributed by atoms with E-state index in [2.05, 4.69) is 24.6 Å². The Labute approximate surface area is 156 Å². The molecule has 8 heteroatoms. The molecule has 2 aromatic heterocycles. The lowest BCUT2D eigenvalue weighted by atomic mass is 9.95. The van der Waals surface area contributed by atoms with Crippen molar-refractivity contribution in [3.8, 4) is 0 Å². The molecule has 1 aliphatic heterocycles. The molecule has 2 fully saturated rings. The van der Waals surface area contributed by atoms with E-state index in [1.165, 1.54) is 12.8 Å². The largest absolute Gasteiger partial charge is 0.370 e. The molecule has 1 atom stereocenters. The molecule has 0 spiro atoms. The van der Waals surface area contributed by atoms with Crippen LogP contribution in [0.25, 0.3) is 10.8 Å². The maximum Gasteiger partial charge on any atom is 0.278 e. The number of pyridine rings is 1. The quantitative estimate of drug-likeness (QED) is 0.520. The summed E-state index contributed by atoms with van der Waals surface area (Å²) in [4.78, 5) is 17.4. The number of non-ortho nitro benzene ring substituents is 1. The number of nitro groups is 1. The molecule has 3 aromatic rings. The van der Waals surface area contributed by atoms with Crippen molar-refractivity contribution < 1.29 is 4.92 Å². The highest BCUT2D eigenvalue weighted by Crippen LogP contribution is 2.40. The SMILES string of the molecule is O=[N+]([O-])c1ccc(N2CCCC(c3nncn3C3CC3)C2)c2ccncc12. The summed E-state index contributed by atoms with van der Waals surface area (Å²) >= 11 is 0. The van der Waals surface area contributed by atoms with Crippen molar-refractivity contribution >= 4 is 22.1 Å². The zero-order valence-electron chi connectivity index (χ0n) is 14.9. The minimum absolute atomic E-state index is 0.101. The number of rotatable bonds is 4. The first-order chi connectivity index (χ1) is 13.2. The summed E-state index contributed by atoms with van der Waals surface area (Å²) in [6, 6.07) is 5.90. The van der Waals surface area contributed by atoms with Gasteiger partial charge in [0.1, 0.15) is 12.2 Å². The average Bonchev–Trinajstić information content (AvgIpc) is 3.43. The highest BCUT2D eigenvalue weighted by molar-refractivity contribution is 5.99. The van der Waals surface area contributed by atoms with E-state index in [1.807, 2.05) is 18.5 Å². The van der Waals surface area contributed by atoms with Crippen LogP contribution < -0.4 is 4.90 Å². The van der Waals surface area contributed by atoms with Gasteiger partial charge in [0.25, 0.3) is 5.69 Å². The smallest absolute Gasteiger partial charge is 0.278 e. The second-order valence-electron chi connectivity index (χ2n) is 7.39. The first-order valence-corrected chi connectivity index (χ1v) is 9.38. The van der Waals surface area contributed by atoms with Crippen molar-refractivity contribution in [1.29, 1.82) is 0 Å². The van der Waals surface area contributed by atoms with Crippen LogP contribution in [0.2, 0.25) is 0 Å². The Balaban J connectivity index is 1.50. The summed E-state index contributed by atoms with van der Waals surface area (Å²) in [5, 5.41) is 21.4. The molecule has 1 saturated carbocycles. The van der Waals surface area contributed by atoms with Crippen LogP contribution in [0.5, 0.6) is 0 Å². The van der Waals surface area contributed by atoms with Crippen LogP contribution in [0.3, 0.4) is 0 Å². The lowest BCUT2D eigenvalue weighted by Crippen LogP contribution is -2.35.